The number of aryl methyl sites for hydroxylation is 1. The molecule has 0 fully saturated rings. The highest BCUT2D eigenvalue weighted by Gasteiger charge is 2.09. The average molecular weight is 377 g/mol. The van der Waals surface area contributed by atoms with E-state index in [4.69, 9.17) is 21.1 Å². The van der Waals surface area contributed by atoms with Gasteiger partial charge in [0, 0.05) is 6.42 Å². The third-order valence-corrected chi connectivity index (χ3v) is 4.01. The van der Waals surface area contributed by atoms with E-state index in [0.717, 1.165) is 5.56 Å². The van der Waals surface area contributed by atoms with Crippen molar-refractivity contribution >= 4 is 29.1 Å². The first kappa shape index (κ1) is 19.6. The molecule has 0 radical (unpaired) electrons. The van der Waals surface area contributed by atoms with Gasteiger partial charge < -0.3 is 20.1 Å². The summed E-state index contributed by atoms with van der Waals surface area (Å²) in [6.45, 7) is -0.115. The van der Waals surface area contributed by atoms with E-state index in [0.29, 0.717) is 28.6 Å². The van der Waals surface area contributed by atoms with Crippen molar-refractivity contribution in [1.82, 2.24) is 5.32 Å². The summed E-state index contributed by atoms with van der Waals surface area (Å²) in [7, 11) is 3.13. The third-order valence-electron chi connectivity index (χ3n) is 3.68. The number of nitrogens with one attached hydrogen (secondary N) is 2. The number of anilines is 1. The number of halogens is 1. The van der Waals surface area contributed by atoms with Crippen LogP contribution in [0.2, 0.25) is 5.02 Å². The molecule has 0 spiro atoms. The second-order valence-corrected chi connectivity index (χ2v) is 5.90. The molecule has 2 rings (SSSR count). The van der Waals surface area contributed by atoms with Crippen LogP contribution in [-0.4, -0.2) is 32.6 Å². The summed E-state index contributed by atoms with van der Waals surface area (Å²) in [6.07, 6.45) is 0.785. The van der Waals surface area contributed by atoms with Crippen molar-refractivity contribution in [2.24, 2.45) is 0 Å². The summed E-state index contributed by atoms with van der Waals surface area (Å²) in [5.41, 5.74) is 1.46. The van der Waals surface area contributed by atoms with Crippen molar-refractivity contribution in [3.8, 4) is 11.5 Å². The van der Waals surface area contributed by atoms with Crippen LogP contribution in [0.4, 0.5) is 5.69 Å². The van der Waals surface area contributed by atoms with Gasteiger partial charge in [-0.25, -0.2) is 0 Å². The first-order valence-electron chi connectivity index (χ1n) is 8.05. The number of para-hydroxylation sites is 1. The highest BCUT2D eigenvalue weighted by Crippen LogP contribution is 2.27. The fourth-order valence-corrected chi connectivity index (χ4v) is 2.50. The molecular weight excluding hydrogens is 356 g/mol. The van der Waals surface area contributed by atoms with E-state index in [-0.39, 0.29) is 24.8 Å². The molecule has 0 bridgehead atoms. The van der Waals surface area contributed by atoms with E-state index in [1.807, 2.05) is 12.1 Å². The number of benzene rings is 2. The first-order chi connectivity index (χ1) is 12.5. The lowest BCUT2D eigenvalue weighted by atomic mass is 10.1. The Labute approximate surface area is 157 Å². The van der Waals surface area contributed by atoms with Crippen molar-refractivity contribution in [2.75, 3.05) is 26.1 Å². The Balaban J connectivity index is 1.78. The average Bonchev–Trinajstić information content (AvgIpc) is 2.66. The number of carbonyl (C=O) groups excluding carboxylic acids is 2. The molecular formula is C19H21ClN2O4. The molecule has 2 aromatic carbocycles. The number of carbonyl (C=O) groups is 2. The van der Waals surface area contributed by atoms with Gasteiger partial charge in [0.2, 0.25) is 11.8 Å². The monoisotopic (exact) mass is 376 g/mol. The lowest BCUT2D eigenvalue weighted by molar-refractivity contribution is -0.124. The topological polar surface area (TPSA) is 76.7 Å². The van der Waals surface area contributed by atoms with Crippen LogP contribution >= 0.6 is 11.6 Å². The fourth-order valence-electron chi connectivity index (χ4n) is 2.32. The molecule has 0 heterocycles. The van der Waals surface area contributed by atoms with Crippen molar-refractivity contribution in [3.63, 3.8) is 0 Å². The molecule has 0 aliphatic heterocycles. The molecule has 2 aromatic rings. The molecule has 0 unspecified atom stereocenters. The zero-order chi connectivity index (χ0) is 18.9. The predicted octanol–water partition coefficient (Wildman–Crippen LogP) is 3.04. The number of amides is 2. The Morgan fingerprint density at radius 1 is 1.00 bits per heavy atom. The smallest absolute Gasteiger partial charge is 0.243 e. The Morgan fingerprint density at radius 2 is 1.73 bits per heavy atom. The van der Waals surface area contributed by atoms with Crippen molar-refractivity contribution in [3.05, 3.63) is 53.1 Å². The van der Waals surface area contributed by atoms with E-state index in [2.05, 4.69) is 10.6 Å². The maximum atomic E-state index is 11.9. The van der Waals surface area contributed by atoms with Crippen LogP contribution in [0.1, 0.15) is 12.0 Å². The Bertz CT molecular complexity index is 780. The lowest BCUT2D eigenvalue weighted by Crippen LogP contribution is -2.33. The van der Waals surface area contributed by atoms with E-state index < -0.39 is 0 Å². The van der Waals surface area contributed by atoms with Crippen LogP contribution in [0.3, 0.4) is 0 Å². The summed E-state index contributed by atoms with van der Waals surface area (Å²) in [5.74, 6) is 0.702. The fraction of sp³-hybridized carbons (Fsp3) is 0.263. The summed E-state index contributed by atoms with van der Waals surface area (Å²) in [6, 6.07) is 12.4. The number of rotatable bonds is 8. The first-order valence-corrected chi connectivity index (χ1v) is 8.43. The molecule has 2 N–H and O–H groups in total. The summed E-state index contributed by atoms with van der Waals surface area (Å²) in [5, 5.41) is 5.69. The van der Waals surface area contributed by atoms with Gasteiger partial charge in [-0.05, 0) is 36.2 Å². The van der Waals surface area contributed by atoms with Crippen LogP contribution in [0.5, 0.6) is 11.5 Å². The quantitative estimate of drug-likeness (QED) is 0.742. The van der Waals surface area contributed by atoms with Crippen molar-refractivity contribution in [2.45, 2.75) is 12.8 Å². The van der Waals surface area contributed by atoms with Crippen LogP contribution in [0, 0.1) is 0 Å². The Kier molecular flexibility index (Phi) is 7.29. The SMILES string of the molecule is COc1ccc(CCC(=O)NCC(=O)Nc2ccccc2Cl)cc1OC. The molecule has 6 nitrogen and oxygen atoms in total. The van der Waals surface area contributed by atoms with Crippen LogP contribution in [0.25, 0.3) is 0 Å². The highest BCUT2D eigenvalue weighted by molar-refractivity contribution is 6.33. The predicted molar refractivity (Wildman–Crippen MR) is 101 cm³/mol. The van der Waals surface area contributed by atoms with Gasteiger partial charge in [0.1, 0.15) is 0 Å². The van der Waals surface area contributed by atoms with Crippen LogP contribution < -0.4 is 20.1 Å². The van der Waals surface area contributed by atoms with Crippen molar-refractivity contribution < 1.29 is 19.1 Å². The second-order valence-electron chi connectivity index (χ2n) is 5.49. The zero-order valence-corrected chi connectivity index (χ0v) is 15.4. The molecule has 0 aromatic heterocycles. The summed E-state index contributed by atoms with van der Waals surface area (Å²) in [4.78, 5) is 23.8. The van der Waals surface area contributed by atoms with Gasteiger partial charge in [-0.2, -0.15) is 0 Å². The molecule has 0 aliphatic carbocycles. The van der Waals surface area contributed by atoms with Gasteiger partial charge in [-0.3, -0.25) is 9.59 Å². The minimum atomic E-state index is -0.336. The van der Waals surface area contributed by atoms with E-state index in [9.17, 15) is 9.59 Å². The van der Waals surface area contributed by atoms with Gasteiger partial charge in [-0.15, -0.1) is 0 Å². The molecule has 0 saturated heterocycles. The van der Waals surface area contributed by atoms with Gasteiger partial charge in [0.15, 0.2) is 11.5 Å². The third kappa shape index (κ3) is 5.67. The molecule has 7 heteroatoms. The van der Waals surface area contributed by atoms with Gasteiger partial charge in [0.05, 0.1) is 31.5 Å². The Hall–Kier alpha value is -2.73. The minimum absolute atomic E-state index is 0.115. The minimum Gasteiger partial charge on any atom is -0.493 e. The van der Waals surface area contributed by atoms with Crippen molar-refractivity contribution in [1.29, 1.82) is 0 Å². The normalized spacial score (nSPS) is 10.1. The number of methoxy groups -OCH3 is 2. The second kappa shape index (κ2) is 9.68. The standard InChI is InChI=1S/C19H21ClN2O4/c1-25-16-9-7-13(11-17(16)26-2)8-10-18(23)21-12-19(24)22-15-6-4-3-5-14(15)20/h3-7,9,11H,8,10,12H2,1-2H3,(H,21,23)(H,22,24). The number of ether oxygens (including phenoxy) is 2. The Morgan fingerprint density at radius 3 is 2.42 bits per heavy atom. The molecule has 26 heavy (non-hydrogen) atoms. The molecule has 138 valence electrons. The van der Waals surface area contributed by atoms with E-state index >= 15 is 0 Å². The van der Waals surface area contributed by atoms with Gasteiger partial charge in [-0.1, -0.05) is 29.8 Å². The molecule has 2 amide bonds. The number of hydrogen-bond acceptors (Lipinski definition) is 4. The molecule has 0 aliphatic rings. The molecule has 0 saturated carbocycles. The number of hydrogen-bond donors (Lipinski definition) is 2. The van der Waals surface area contributed by atoms with Crippen LogP contribution in [0.15, 0.2) is 42.5 Å². The largest absolute Gasteiger partial charge is 0.493 e. The molecule has 0 atom stereocenters. The maximum Gasteiger partial charge on any atom is 0.243 e. The van der Waals surface area contributed by atoms with Gasteiger partial charge in [0.25, 0.3) is 0 Å². The van der Waals surface area contributed by atoms with E-state index in [1.54, 1.807) is 44.6 Å². The van der Waals surface area contributed by atoms with Crippen LogP contribution in [-0.2, 0) is 16.0 Å². The zero-order valence-electron chi connectivity index (χ0n) is 14.7. The lowest BCUT2D eigenvalue weighted by Gasteiger charge is -2.10. The highest BCUT2D eigenvalue weighted by atomic mass is 35.5. The summed E-state index contributed by atoms with van der Waals surface area (Å²) < 4.78 is 10.4. The van der Waals surface area contributed by atoms with E-state index in [1.165, 1.54) is 0 Å². The van der Waals surface area contributed by atoms with Gasteiger partial charge >= 0.3 is 0 Å². The maximum absolute atomic E-state index is 11.9. The summed E-state index contributed by atoms with van der Waals surface area (Å²) >= 11 is 5.97.